The molecule has 3 rings (SSSR count). The van der Waals surface area contributed by atoms with Gasteiger partial charge in [0.1, 0.15) is 0 Å². The Balaban J connectivity index is 2.09. The first-order valence-electron chi connectivity index (χ1n) is 10.4. The van der Waals surface area contributed by atoms with Crippen LogP contribution in [0, 0.1) is 0 Å². The van der Waals surface area contributed by atoms with Crippen molar-refractivity contribution in [3.63, 3.8) is 0 Å². The van der Waals surface area contributed by atoms with Crippen molar-refractivity contribution >= 4 is 34.0 Å². The molecule has 0 aliphatic carbocycles. The molecule has 0 aliphatic rings. The van der Waals surface area contributed by atoms with Crippen molar-refractivity contribution in [3.8, 4) is 0 Å². The van der Waals surface area contributed by atoms with Crippen LogP contribution in [0.5, 0.6) is 0 Å². The summed E-state index contributed by atoms with van der Waals surface area (Å²) in [5, 5.41) is 0. The second-order valence-corrected chi connectivity index (χ2v) is 11.2. The molecule has 0 bridgehead atoms. The second kappa shape index (κ2) is 10.4. The van der Waals surface area contributed by atoms with Gasteiger partial charge in [0.25, 0.3) is 0 Å². The summed E-state index contributed by atoms with van der Waals surface area (Å²) < 4.78 is 5.55. The first-order valence-corrected chi connectivity index (χ1v) is 12.8. The Morgan fingerprint density at radius 3 is 1.91 bits per heavy atom. The van der Waals surface area contributed by atoms with Crippen LogP contribution in [-0.4, -0.2) is 53.9 Å². The molecule has 0 N–H and O–H groups in total. The van der Waals surface area contributed by atoms with Gasteiger partial charge >= 0.3 is 195 Å². The van der Waals surface area contributed by atoms with Gasteiger partial charge in [-0.25, -0.2) is 0 Å². The number of ketones is 2. The summed E-state index contributed by atoms with van der Waals surface area (Å²) in [5.41, 5.74) is 1.81. The minimum atomic E-state index is -0.726. The number of pyridine rings is 3. The summed E-state index contributed by atoms with van der Waals surface area (Å²) in [6.07, 6.45) is 7.68. The van der Waals surface area contributed by atoms with E-state index in [1.165, 1.54) is 18.6 Å². The van der Waals surface area contributed by atoms with E-state index in [0.29, 0.717) is 22.4 Å². The van der Waals surface area contributed by atoms with Crippen molar-refractivity contribution in [2.24, 2.45) is 0 Å². The van der Waals surface area contributed by atoms with Gasteiger partial charge in [0.15, 0.2) is 0 Å². The Kier molecular flexibility index (Phi) is 7.63. The van der Waals surface area contributed by atoms with Crippen LogP contribution in [0.1, 0.15) is 74.9 Å². The third-order valence-corrected chi connectivity index (χ3v) is 5.61. The maximum absolute atomic E-state index is 13.1. The molecule has 3 atom stereocenters. The average Bonchev–Trinajstić information content (AvgIpc) is 2.82. The first-order chi connectivity index (χ1) is 15.3. The Bertz CT molecular complexity index is 1040. The van der Waals surface area contributed by atoms with Crippen LogP contribution < -0.4 is 0 Å². The van der Waals surface area contributed by atoms with Gasteiger partial charge in [0.05, 0.1) is 0 Å². The molecule has 3 unspecified atom stereocenters. The van der Waals surface area contributed by atoms with E-state index in [1.54, 1.807) is 56.6 Å². The quantitative estimate of drug-likeness (QED) is 0.271. The number of nitrogens with zero attached hydrogens (tertiary/aromatic N) is 3. The standard InChI is InChI=1S/C24H25GeN3O4/c1-14(22(29)17-6-4-9-26-12-17)19-8-11-28-21(20(19)24(31)32-16(3)25)15(2)23(30)18-7-5-10-27-13-18/h4-16H,1-3,25H3. The Morgan fingerprint density at radius 1 is 0.844 bits per heavy atom. The molecule has 0 amide bonds. The first kappa shape index (κ1) is 23.5. The third-order valence-electron chi connectivity index (χ3n) is 5.11. The van der Waals surface area contributed by atoms with E-state index >= 15 is 0 Å². The summed E-state index contributed by atoms with van der Waals surface area (Å²) in [6.45, 7) is 5.24. The average molecular weight is 492 g/mol. The topological polar surface area (TPSA) is 99.1 Å². The van der Waals surface area contributed by atoms with Gasteiger partial charge in [-0.3, -0.25) is 0 Å². The molecule has 7 nitrogen and oxygen atoms in total. The predicted molar refractivity (Wildman–Crippen MR) is 123 cm³/mol. The number of carbonyl (C=O) groups is 3. The number of hydrogen-bond acceptors (Lipinski definition) is 7. The Labute approximate surface area is 194 Å². The molecule has 0 fully saturated rings. The Morgan fingerprint density at radius 2 is 1.41 bits per heavy atom. The van der Waals surface area contributed by atoms with E-state index in [0.717, 1.165) is 0 Å². The zero-order valence-corrected chi connectivity index (χ0v) is 22.7. The summed E-state index contributed by atoms with van der Waals surface area (Å²) >= 11 is 0.263. The molecule has 3 heterocycles. The number of rotatable bonds is 8. The van der Waals surface area contributed by atoms with Crippen molar-refractivity contribution in [2.45, 2.75) is 37.5 Å². The number of Topliss-reactive ketones (excluding diaryl/α,β-unsaturated/α-hetero) is 2. The van der Waals surface area contributed by atoms with E-state index in [2.05, 4.69) is 15.0 Å². The SMILES string of the molecule is C[CH]([GeH3])OC(=O)c1c(C(C)C(=O)c2cccnc2)ccnc1C(C)C(=O)c1cccnc1. The van der Waals surface area contributed by atoms with Gasteiger partial charge in [0, 0.05) is 0 Å². The van der Waals surface area contributed by atoms with E-state index in [9.17, 15) is 14.4 Å². The van der Waals surface area contributed by atoms with E-state index in [4.69, 9.17) is 4.74 Å². The Hall–Kier alpha value is -3.20. The van der Waals surface area contributed by atoms with Gasteiger partial charge in [-0.15, -0.1) is 0 Å². The molecule has 164 valence electrons. The van der Waals surface area contributed by atoms with Crippen molar-refractivity contribution in [2.75, 3.05) is 0 Å². The number of aromatic nitrogens is 3. The molecule has 3 aromatic rings. The van der Waals surface area contributed by atoms with Crippen molar-refractivity contribution in [1.82, 2.24) is 15.0 Å². The van der Waals surface area contributed by atoms with E-state index < -0.39 is 17.8 Å². The predicted octanol–water partition coefficient (Wildman–Crippen LogP) is 2.71. The van der Waals surface area contributed by atoms with Crippen LogP contribution in [0.25, 0.3) is 0 Å². The van der Waals surface area contributed by atoms with Gasteiger partial charge in [-0.2, -0.15) is 0 Å². The van der Waals surface area contributed by atoms with Crippen LogP contribution in [-0.2, 0) is 4.74 Å². The van der Waals surface area contributed by atoms with Crippen LogP contribution in [0.3, 0.4) is 0 Å². The molecule has 0 aliphatic heterocycles. The van der Waals surface area contributed by atoms with Crippen LogP contribution in [0.15, 0.2) is 61.3 Å². The maximum atomic E-state index is 13.1. The van der Waals surface area contributed by atoms with Crippen LogP contribution in [0.4, 0.5) is 0 Å². The van der Waals surface area contributed by atoms with Gasteiger partial charge in [-0.1, -0.05) is 0 Å². The minimum absolute atomic E-state index is 0.179. The fourth-order valence-electron chi connectivity index (χ4n) is 3.46. The molecule has 0 aromatic carbocycles. The van der Waals surface area contributed by atoms with E-state index in [-0.39, 0.29) is 38.6 Å². The molecule has 0 radical (unpaired) electrons. The van der Waals surface area contributed by atoms with Crippen LogP contribution >= 0.6 is 0 Å². The summed E-state index contributed by atoms with van der Waals surface area (Å²) in [4.78, 5) is 51.5. The number of ether oxygens (including phenoxy) is 1. The van der Waals surface area contributed by atoms with Gasteiger partial charge in [-0.05, 0) is 0 Å². The van der Waals surface area contributed by atoms with Crippen LogP contribution in [0.2, 0.25) is 0 Å². The number of hydrogen-bond donors (Lipinski definition) is 0. The van der Waals surface area contributed by atoms with Gasteiger partial charge in [0.2, 0.25) is 0 Å². The monoisotopic (exact) mass is 493 g/mol. The number of carbonyl (C=O) groups excluding carboxylic acids is 3. The zero-order chi connectivity index (χ0) is 23.3. The molecule has 0 saturated heterocycles. The molecule has 32 heavy (non-hydrogen) atoms. The fraction of sp³-hybridized carbons (Fsp3) is 0.250. The fourth-order valence-corrected chi connectivity index (χ4v) is 3.91. The van der Waals surface area contributed by atoms with E-state index in [1.807, 2.05) is 6.92 Å². The van der Waals surface area contributed by atoms with Gasteiger partial charge < -0.3 is 0 Å². The molecular weight excluding hydrogens is 467 g/mol. The summed E-state index contributed by atoms with van der Waals surface area (Å²) in [5.74, 6) is -2.35. The molecular formula is C24H25GeN3O4. The molecule has 0 spiro atoms. The number of esters is 1. The zero-order valence-electron chi connectivity index (χ0n) is 18.5. The normalized spacial score (nSPS) is 13.7. The molecule has 8 heteroatoms. The third kappa shape index (κ3) is 5.16. The molecule has 0 saturated carbocycles. The van der Waals surface area contributed by atoms with Crippen molar-refractivity contribution < 1.29 is 19.1 Å². The van der Waals surface area contributed by atoms with Crippen molar-refractivity contribution in [3.05, 3.63) is 89.3 Å². The van der Waals surface area contributed by atoms with Crippen molar-refractivity contribution in [1.29, 1.82) is 0 Å². The summed E-state index contributed by atoms with van der Waals surface area (Å²) in [6, 6.07) is 8.36. The second-order valence-electron chi connectivity index (χ2n) is 7.77. The summed E-state index contributed by atoms with van der Waals surface area (Å²) in [7, 11) is 0. The molecule has 3 aromatic heterocycles.